The van der Waals surface area contributed by atoms with Crippen molar-refractivity contribution in [3.8, 4) is 0 Å². The fourth-order valence-electron chi connectivity index (χ4n) is 3.56. The van der Waals surface area contributed by atoms with Crippen LogP contribution in [0.4, 0.5) is 0 Å². The number of aryl methyl sites for hydroxylation is 2. The van der Waals surface area contributed by atoms with E-state index in [2.05, 4.69) is 35.1 Å². The molecule has 0 aliphatic heterocycles. The van der Waals surface area contributed by atoms with Crippen LogP contribution in [-0.2, 0) is 4.74 Å². The summed E-state index contributed by atoms with van der Waals surface area (Å²) in [5.41, 5.74) is 5.83. The molecule has 0 unspecified atom stereocenters. The van der Waals surface area contributed by atoms with E-state index in [9.17, 15) is 4.79 Å². The largest absolute Gasteiger partial charge is 0.461 e. The lowest BCUT2D eigenvalue weighted by Gasteiger charge is -2.02. The van der Waals surface area contributed by atoms with Gasteiger partial charge < -0.3 is 14.7 Å². The molecule has 4 rings (SSSR count). The Kier molecular flexibility index (Phi) is 2.94. The molecule has 0 amide bonds. The smallest absolute Gasteiger partial charge is 0.355 e. The van der Waals surface area contributed by atoms with Gasteiger partial charge in [-0.05, 0) is 44.0 Å². The standard InChI is InChI=1S/C19H18N2O2/c1-4-23-19(22)18-11(3)16-10(2)17-12-7-5-6-8-13(12)20-15(17)9-14(16)21-18/h5-9,20-21H,4H2,1-3H3. The maximum absolute atomic E-state index is 12.1. The Hall–Kier alpha value is -2.75. The highest BCUT2D eigenvalue weighted by atomic mass is 16.5. The van der Waals surface area contributed by atoms with E-state index in [1.807, 2.05) is 26.0 Å². The highest BCUT2D eigenvalue weighted by molar-refractivity contribution is 6.15. The molecule has 0 saturated carbocycles. The average Bonchev–Trinajstić information content (AvgIpc) is 3.06. The maximum atomic E-state index is 12.1. The summed E-state index contributed by atoms with van der Waals surface area (Å²) in [6.45, 7) is 6.27. The fraction of sp³-hybridized carbons (Fsp3) is 0.211. The number of carbonyl (C=O) groups excluding carboxylic acids is 1. The van der Waals surface area contributed by atoms with Crippen molar-refractivity contribution in [3.63, 3.8) is 0 Å². The van der Waals surface area contributed by atoms with Gasteiger partial charge in [0.05, 0.1) is 6.61 Å². The van der Waals surface area contributed by atoms with Crippen LogP contribution in [0.2, 0.25) is 0 Å². The number of benzene rings is 2. The number of hydrogen-bond donors (Lipinski definition) is 2. The van der Waals surface area contributed by atoms with Gasteiger partial charge in [0.25, 0.3) is 0 Å². The summed E-state index contributed by atoms with van der Waals surface area (Å²) in [6.07, 6.45) is 0. The molecule has 0 aliphatic rings. The highest BCUT2D eigenvalue weighted by Gasteiger charge is 2.19. The number of fused-ring (bicyclic) bond motifs is 4. The normalized spacial score (nSPS) is 11.6. The van der Waals surface area contributed by atoms with Crippen molar-refractivity contribution in [1.29, 1.82) is 0 Å². The lowest BCUT2D eigenvalue weighted by molar-refractivity contribution is 0.0520. The Morgan fingerprint density at radius 1 is 1.00 bits per heavy atom. The highest BCUT2D eigenvalue weighted by Crippen LogP contribution is 2.35. The molecule has 2 N–H and O–H groups in total. The molecule has 0 radical (unpaired) electrons. The van der Waals surface area contributed by atoms with Crippen LogP contribution in [0.3, 0.4) is 0 Å². The van der Waals surface area contributed by atoms with Gasteiger partial charge in [-0.1, -0.05) is 18.2 Å². The number of carbonyl (C=O) groups is 1. The third kappa shape index (κ3) is 1.88. The minimum absolute atomic E-state index is 0.297. The molecule has 2 aromatic carbocycles. The summed E-state index contributed by atoms with van der Waals surface area (Å²) in [5.74, 6) is -0.297. The molecule has 4 heteroatoms. The van der Waals surface area contributed by atoms with Gasteiger partial charge in [0.1, 0.15) is 5.69 Å². The lowest BCUT2D eigenvalue weighted by atomic mass is 10.0. The van der Waals surface area contributed by atoms with Crippen LogP contribution < -0.4 is 0 Å². The van der Waals surface area contributed by atoms with Gasteiger partial charge in [-0.25, -0.2) is 4.79 Å². The molecule has 0 saturated heterocycles. The lowest BCUT2D eigenvalue weighted by Crippen LogP contribution is -2.06. The molecular weight excluding hydrogens is 288 g/mol. The van der Waals surface area contributed by atoms with Crippen LogP contribution in [0, 0.1) is 13.8 Å². The van der Waals surface area contributed by atoms with Gasteiger partial charge in [0, 0.05) is 32.7 Å². The topological polar surface area (TPSA) is 57.9 Å². The van der Waals surface area contributed by atoms with E-state index in [4.69, 9.17) is 4.74 Å². The number of rotatable bonds is 2. The Morgan fingerprint density at radius 3 is 2.52 bits per heavy atom. The first-order chi connectivity index (χ1) is 11.1. The van der Waals surface area contributed by atoms with Crippen molar-refractivity contribution in [2.45, 2.75) is 20.8 Å². The van der Waals surface area contributed by atoms with E-state index in [1.165, 1.54) is 16.3 Å². The first-order valence-electron chi connectivity index (χ1n) is 7.81. The van der Waals surface area contributed by atoms with Crippen LogP contribution >= 0.6 is 0 Å². The molecule has 0 fully saturated rings. The molecule has 0 aliphatic carbocycles. The molecule has 4 nitrogen and oxygen atoms in total. The van der Waals surface area contributed by atoms with Crippen molar-refractivity contribution in [2.75, 3.05) is 6.61 Å². The zero-order valence-corrected chi connectivity index (χ0v) is 13.4. The van der Waals surface area contributed by atoms with E-state index in [0.717, 1.165) is 27.5 Å². The van der Waals surface area contributed by atoms with Crippen molar-refractivity contribution in [2.24, 2.45) is 0 Å². The Morgan fingerprint density at radius 2 is 1.74 bits per heavy atom. The quantitative estimate of drug-likeness (QED) is 0.532. The molecule has 23 heavy (non-hydrogen) atoms. The van der Waals surface area contributed by atoms with Crippen molar-refractivity contribution >= 4 is 38.7 Å². The first-order valence-corrected chi connectivity index (χ1v) is 7.81. The van der Waals surface area contributed by atoms with E-state index >= 15 is 0 Å². The average molecular weight is 306 g/mol. The molecule has 2 heterocycles. The van der Waals surface area contributed by atoms with E-state index < -0.39 is 0 Å². The summed E-state index contributed by atoms with van der Waals surface area (Å²) in [6, 6.07) is 10.4. The summed E-state index contributed by atoms with van der Waals surface area (Å²) in [7, 11) is 0. The monoisotopic (exact) mass is 306 g/mol. The van der Waals surface area contributed by atoms with Gasteiger partial charge in [-0.2, -0.15) is 0 Å². The predicted octanol–water partition coefficient (Wildman–Crippen LogP) is 4.60. The SMILES string of the molecule is CCOC(=O)c1[nH]c2cc3[nH]c4ccccc4c3c(C)c2c1C. The zero-order valence-electron chi connectivity index (χ0n) is 13.4. The third-order valence-electron chi connectivity index (χ3n) is 4.53. The number of esters is 1. The van der Waals surface area contributed by atoms with E-state index in [-0.39, 0.29) is 5.97 Å². The van der Waals surface area contributed by atoms with Gasteiger partial charge in [0.15, 0.2) is 0 Å². The molecule has 2 aromatic heterocycles. The molecule has 0 spiro atoms. The second-order valence-electron chi connectivity index (χ2n) is 5.86. The first kappa shape index (κ1) is 13.9. The van der Waals surface area contributed by atoms with Crippen molar-refractivity contribution in [3.05, 3.63) is 47.2 Å². The third-order valence-corrected chi connectivity index (χ3v) is 4.53. The molecular formula is C19H18N2O2. The minimum atomic E-state index is -0.297. The van der Waals surface area contributed by atoms with Crippen LogP contribution in [-0.4, -0.2) is 22.5 Å². The van der Waals surface area contributed by atoms with Crippen molar-refractivity contribution in [1.82, 2.24) is 9.97 Å². The van der Waals surface area contributed by atoms with E-state index in [0.29, 0.717) is 12.3 Å². The fourth-order valence-corrected chi connectivity index (χ4v) is 3.56. The number of para-hydroxylation sites is 1. The van der Waals surface area contributed by atoms with Gasteiger partial charge in [-0.15, -0.1) is 0 Å². The van der Waals surface area contributed by atoms with Gasteiger partial charge in [0.2, 0.25) is 0 Å². The Balaban J connectivity index is 2.09. The minimum Gasteiger partial charge on any atom is -0.461 e. The van der Waals surface area contributed by atoms with E-state index in [1.54, 1.807) is 0 Å². The Bertz CT molecular complexity index is 1070. The number of aromatic amines is 2. The summed E-state index contributed by atoms with van der Waals surface area (Å²) >= 11 is 0. The number of hydrogen-bond acceptors (Lipinski definition) is 2. The number of ether oxygens (including phenoxy) is 1. The summed E-state index contributed by atoms with van der Waals surface area (Å²) in [5, 5.41) is 3.52. The number of aromatic nitrogens is 2. The molecule has 4 aromatic rings. The molecule has 0 bridgehead atoms. The number of H-pyrrole nitrogens is 2. The van der Waals surface area contributed by atoms with Crippen LogP contribution in [0.15, 0.2) is 30.3 Å². The predicted molar refractivity (Wildman–Crippen MR) is 93.1 cm³/mol. The maximum Gasteiger partial charge on any atom is 0.355 e. The van der Waals surface area contributed by atoms with Crippen LogP contribution in [0.25, 0.3) is 32.7 Å². The molecule has 0 atom stereocenters. The molecule has 116 valence electrons. The van der Waals surface area contributed by atoms with Crippen molar-refractivity contribution < 1.29 is 9.53 Å². The Labute approximate surface area is 133 Å². The number of nitrogens with one attached hydrogen (secondary N) is 2. The second kappa shape index (κ2) is 4.88. The van der Waals surface area contributed by atoms with Crippen LogP contribution in [0.1, 0.15) is 28.5 Å². The summed E-state index contributed by atoms with van der Waals surface area (Å²) < 4.78 is 5.15. The van der Waals surface area contributed by atoms with Crippen LogP contribution in [0.5, 0.6) is 0 Å². The summed E-state index contributed by atoms with van der Waals surface area (Å²) in [4.78, 5) is 18.8. The van der Waals surface area contributed by atoms with Gasteiger partial charge in [-0.3, -0.25) is 0 Å². The second-order valence-corrected chi connectivity index (χ2v) is 5.86. The zero-order chi connectivity index (χ0) is 16.1. The van der Waals surface area contributed by atoms with Gasteiger partial charge >= 0.3 is 5.97 Å².